The first-order valence-corrected chi connectivity index (χ1v) is 6.64. The maximum absolute atomic E-state index is 9.10. The van der Waals surface area contributed by atoms with E-state index in [2.05, 4.69) is 17.9 Å². The van der Waals surface area contributed by atoms with Crippen LogP contribution in [0.2, 0.25) is 0 Å². The van der Waals surface area contributed by atoms with Crippen molar-refractivity contribution in [1.82, 2.24) is 4.90 Å². The van der Waals surface area contributed by atoms with Crippen molar-refractivity contribution in [2.24, 2.45) is 0 Å². The van der Waals surface area contributed by atoms with E-state index in [0.29, 0.717) is 11.3 Å². The van der Waals surface area contributed by atoms with Crippen molar-refractivity contribution in [3.8, 4) is 11.8 Å². The Labute approximate surface area is 114 Å². The smallest absolute Gasteiger partial charge is 0.136 e. The highest BCUT2D eigenvalue weighted by molar-refractivity contribution is 5.45. The Hall–Kier alpha value is -1.57. The summed E-state index contributed by atoms with van der Waals surface area (Å²) in [6.45, 7) is 5.77. The van der Waals surface area contributed by atoms with Crippen molar-refractivity contribution in [2.75, 3.05) is 26.8 Å². The van der Waals surface area contributed by atoms with E-state index in [1.807, 2.05) is 18.2 Å². The summed E-state index contributed by atoms with van der Waals surface area (Å²) in [7, 11) is 1.59. The number of hydrogen-bond donors (Lipinski definition) is 0. The Balaban J connectivity index is 2.08. The molecule has 2 rings (SSSR count). The second-order valence-corrected chi connectivity index (χ2v) is 4.92. The van der Waals surface area contributed by atoms with Gasteiger partial charge in [-0.1, -0.05) is 6.07 Å². The minimum absolute atomic E-state index is 0.274. The minimum Gasteiger partial charge on any atom is -0.495 e. The third kappa shape index (κ3) is 3.69. The highest BCUT2D eigenvalue weighted by Gasteiger charge is 2.15. The van der Waals surface area contributed by atoms with Crippen LogP contribution < -0.4 is 4.74 Å². The third-order valence-electron chi connectivity index (χ3n) is 3.33. The van der Waals surface area contributed by atoms with Gasteiger partial charge in [-0.2, -0.15) is 5.26 Å². The molecule has 1 heterocycles. The quantitative estimate of drug-likeness (QED) is 0.835. The third-order valence-corrected chi connectivity index (χ3v) is 3.33. The van der Waals surface area contributed by atoms with Gasteiger partial charge in [-0.3, -0.25) is 4.90 Å². The Kier molecular flexibility index (Phi) is 4.78. The number of nitrogens with zero attached hydrogens (tertiary/aromatic N) is 2. The molecule has 19 heavy (non-hydrogen) atoms. The van der Waals surface area contributed by atoms with Gasteiger partial charge in [-0.05, 0) is 31.0 Å². The van der Waals surface area contributed by atoms with Crippen LogP contribution in [0, 0.1) is 11.3 Å². The molecule has 0 saturated carbocycles. The largest absolute Gasteiger partial charge is 0.495 e. The van der Waals surface area contributed by atoms with Gasteiger partial charge in [-0.15, -0.1) is 0 Å². The van der Waals surface area contributed by atoms with Gasteiger partial charge in [0.05, 0.1) is 18.8 Å². The van der Waals surface area contributed by atoms with Crippen molar-refractivity contribution in [3.05, 3.63) is 29.3 Å². The monoisotopic (exact) mass is 260 g/mol. The number of benzene rings is 1. The molecule has 0 N–H and O–H groups in total. The summed E-state index contributed by atoms with van der Waals surface area (Å²) in [5.41, 5.74) is 1.74. The predicted octanol–water partition coefficient (Wildman–Crippen LogP) is 2.18. The average molecular weight is 260 g/mol. The lowest BCUT2D eigenvalue weighted by Gasteiger charge is -2.22. The van der Waals surface area contributed by atoms with Gasteiger partial charge in [0.2, 0.25) is 0 Å². The fraction of sp³-hybridized carbons (Fsp3) is 0.533. The van der Waals surface area contributed by atoms with Crippen LogP contribution in [-0.2, 0) is 11.3 Å². The molecule has 1 aromatic rings. The molecule has 1 aliphatic rings. The zero-order valence-corrected chi connectivity index (χ0v) is 11.6. The fourth-order valence-corrected chi connectivity index (χ4v) is 2.42. The normalized spacial score (nSPS) is 20.6. The second-order valence-electron chi connectivity index (χ2n) is 4.92. The first-order valence-electron chi connectivity index (χ1n) is 6.64. The zero-order chi connectivity index (χ0) is 13.7. The maximum Gasteiger partial charge on any atom is 0.136 e. The van der Waals surface area contributed by atoms with Gasteiger partial charge >= 0.3 is 0 Å². The topological polar surface area (TPSA) is 45.5 Å². The van der Waals surface area contributed by atoms with Crippen LogP contribution >= 0.6 is 0 Å². The Morgan fingerprint density at radius 3 is 3.11 bits per heavy atom. The first kappa shape index (κ1) is 13.9. The van der Waals surface area contributed by atoms with Gasteiger partial charge in [0.1, 0.15) is 11.8 Å². The van der Waals surface area contributed by atoms with E-state index in [4.69, 9.17) is 14.7 Å². The van der Waals surface area contributed by atoms with Gasteiger partial charge in [-0.25, -0.2) is 0 Å². The summed E-state index contributed by atoms with van der Waals surface area (Å²) in [5.74, 6) is 0.638. The van der Waals surface area contributed by atoms with E-state index >= 15 is 0 Å². The highest BCUT2D eigenvalue weighted by Crippen LogP contribution is 2.20. The summed E-state index contributed by atoms with van der Waals surface area (Å²) < 4.78 is 10.8. The van der Waals surface area contributed by atoms with Crippen molar-refractivity contribution in [2.45, 2.75) is 26.0 Å². The molecule has 4 nitrogen and oxygen atoms in total. The van der Waals surface area contributed by atoms with Crippen LogP contribution in [0.5, 0.6) is 5.75 Å². The van der Waals surface area contributed by atoms with Crippen molar-refractivity contribution < 1.29 is 9.47 Å². The SMILES string of the molecule is COc1ccc(CN2CCCOC(C)C2)cc1C#N. The van der Waals surface area contributed by atoms with Gasteiger partial charge in [0, 0.05) is 26.2 Å². The molecule has 102 valence electrons. The van der Waals surface area contributed by atoms with E-state index in [1.54, 1.807) is 7.11 Å². The van der Waals surface area contributed by atoms with Crippen molar-refractivity contribution in [1.29, 1.82) is 5.26 Å². The molecular formula is C15H20N2O2. The maximum atomic E-state index is 9.10. The lowest BCUT2D eigenvalue weighted by molar-refractivity contribution is 0.0668. The van der Waals surface area contributed by atoms with Gasteiger partial charge < -0.3 is 9.47 Å². The van der Waals surface area contributed by atoms with E-state index in [9.17, 15) is 0 Å². The number of methoxy groups -OCH3 is 1. The first-order chi connectivity index (χ1) is 9.22. The van der Waals surface area contributed by atoms with E-state index in [-0.39, 0.29) is 6.10 Å². The summed E-state index contributed by atoms with van der Waals surface area (Å²) in [5, 5.41) is 9.10. The van der Waals surface area contributed by atoms with Crippen molar-refractivity contribution >= 4 is 0 Å². The molecule has 1 fully saturated rings. The summed E-state index contributed by atoms with van der Waals surface area (Å²) in [4.78, 5) is 2.38. The van der Waals surface area contributed by atoms with Crippen LogP contribution in [0.25, 0.3) is 0 Å². The average Bonchev–Trinajstić information content (AvgIpc) is 2.63. The van der Waals surface area contributed by atoms with Crippen LogP contribution in [-0.4, -0.2) is 37.8 Å². The molecule has 0 bridgehead atoms. The summed E-state index contributed by atoms with van der Waals surface area (Å²) in [6.07, 6.45) is 1.34. The lowest BCUT2D eigenvalue weighted by Crippen LogP contribution is -2.29. The number of ether oxygens (including phenoxy) is 2. The van der Waals surface area contributed by atoms with E-state index in [1.165, 1.54) is 0 Å². The Morgan fingerprint density at radius 1 is 1.53 bits per heavy atom. The Morgan fingerprint density at radius 2 is 2.37 bits per heavy atom. The summed E-state index contributed by atoms with van der Waals surface area (Å²) in [6, 6.07) is 7.98. The molecule has 1 aromatic carbocycles. The molecule has 0 radical (unpaired) electrons. The molecular weight excluding hydrogens is 240 g/mol. The molecule has 1 atom stereocenters. The molecule has 1 aliphatic heterocycles. The molecule has 1 unspecified atom stereocenters. The molecule has 0 aliphatic carbocycles. The van der Waals surface area contributed by atoms with Crippen LogP contribution in [0.15, 0.2) is 18.2 Å². The number of nitriles is 1. The van der Waals surface area contributed by atoms with E-state index in [0.717, 1.165) is 38.2 Å². The van der Waals surface area contributed by atoms with Gasteiger partial charge in [0.15, 0.2) is 0 Å². The number of rotatable bonds is 3. The molecule has 0 spiro atoms. The second kappa shape index (κ2) is 6.55. The predicted molar refractivity (Wildman–Crippen MR) is 73.0 cm³/mol. The number of hydrogen-bond acceptors (Lipinski definition) is 4. The van der Waals surface area contributed by atoms with Crippen LogP contribution in [0.4, 0.5) is 0 Å². The summed E-state index contributed by atoms with van der Waals surface area (Å²) >= 11 is 0. The zero-order valence-electron chi connectivity index (χ0n) is 11.6. The minimum atomic E-state index is 0.274. The van der Waals surface area contributed by atoms with Crippen LogP contribution in [0.3, 0.4) is 0 Å². The standard InChI is InChI=1S/C15H20N2O2/c1-12-10-17(6-3-7-19-12)11-13-4-5-15(18-2)14(8-13)9-16/h4-5,8,12H,3,6-7,10-11H2,1-2H3. The van der Waals surface area contributed by atoms with Gasteiger partial charge in [0.25, 0.3) is 0 Å². The van der Waals surface area contributed by atoms with E-state index < -0.39 is 0 Å². The van der Waals surface area contributed by atoms with Crippen LogP contribution in [0.1, 0.15) is 24.5 Å². The molecule has 0 amide bonds. The van der Waals surface area contributed by atoms with Crippen molar-refractivity contribution in [3.63, 3.8) is 0 Å². The fourth-order valence-electron chi connectivity index (χ4n) is 2.42. The molecule has 4 heteroatoms. The molecule has 0 aromatic heterocycles. The highest BCUT2D eigenvalue weighted by atomic mass is 16.5. The lowest BCUT2D eigenvalue weighted by atomic mass is 10.1. The Bertz CT molecular complexity index is 468. The molecule has 1 saturated heterocycles.